The predicted octanol–water partition coefficient (Wildman–Crippen LogP) is 0.0229. The highest BCUT2D eigenvalue weighted by Gasteiger charge is 2.00. The molecule has 0 saturated heterocycles. The number of carbonyl (C=O) groups is 2. The molecule has 16 heavy (non-hydrogen) atoms. The monoisotopic (exact) mass is 222 g/mol. The summed E-state index contributed by atoms with van der Waals surface area (Å²) in [7, 11) is 0. The van der Waals surface area contributed by atoms with Gasteiger partial charge in [0.1, 0.15) is 6.54 Å². The number of rotatable bonds is 7. The Morgan fingerprint density at radius 1 is 1.31 bits per heavy atom. The number of benzene rings is 1. The summed E-state index contributed by atoms with van der Waals surface area (Å²) in [5.41, 5.74) is 3.70. The van der Waals surface area contributed by atoms with Crippen LogP contribution in [-0.2, 0) is 20.8 Å². The topological polar surface area (TPSA) is 67.4 Å². The third kappa shape index (κ3) is 5.11. The van der Waals surface area contributed by atoms with Gasteiger partial charge in [0, 0.05) is 6.54 Å². The quantitative estimate of drug-likeness (QED) is 0.388. The van der Waals surface area contributed by atoms with E-state index in [0.29, 0.717) is 13.0 Å². The van der Waals surface area contributed by atoms with Gasteiger partial charge in [-0.15, -0.1) is 0 Å². The Balaban J connectivity index is 2.08. The van der Waals surface area contributed by atoms with Crippen LogP contribution in [0.2, 0.25) is 0 Å². The summed E-state index contributed by atoms with van der Waals surface area (Å²) in [6, 6.07) is 9.85. The largest absolute Gasteiger partial charge is 0.369 e. The van der Waals surface area contributed by atoms with E-state index in [-0.39, 0.29) is 6.54 Å². The maximum absolute atomic E-state index is 10.9. The average Bonchev–Trinajstić information content (AvgIpc) is 2.33. The minimum absolute atomic E-state index is 0.123. The summed E-state index contributed by atoms with van der Waals surface area (Å²) in [6.45, 7) is 0.415. The molecule has 1 aromatic carbocycles. The van der Waals surface area contributed by atoms with Crippen molar-refractivity contribution >= 4 is 12.4 Å². The van der Waals surface area contributed by atoms with Crippen LogP contribution in [0.5, 0.6) is 0 Å². The maximum Gasteiger partial charge on any atom is 0.344 e. The van der Waals surface area contributed by atoms with E-state index in [0.717, 1.165) is 12.0 Å². The van der Waals surface area contributed by atoms with Crippen LogP contribution in [0.25, 0.3) is 0 Å². The molecule has 2 N–H and O–H groups in total. The fourth-order valence-electron chi connectivity index (χ4n) is 1.13. The van der Waals surface area contributed by atoms with Gasteiger partial charge >= 0.3 is 5.97 Å². The highest BCUT2D eigenvalue weighted by atomic mass is 16.7. The fourth-order valence-corrected chi connectivity index (χ4v) is 1.13. The van der Waals surface area contributed by atoms with Gasteiger partial charge in [-0.2, -0.15) is 5.48 Å². The van der Waals surface area contributed by atoms with E-state index >= 15 is 0 Å². The normalized spacial score (nSPS) is 9.50. The van der Waals surface area contributed by atoms with Crippen LogP contribution in [0, 0.1) is 0 Å². The lowest BCUT2D eigenvalue weighted by molar-refractivity contribution is -0.150. The minimum atomic E-state index is -0.514. The zero-order chi connectivity index (χ0) is 11.6. The maximum atomic E-state index is 10.9. The molecule has 0 spiro atoms. The summed E-state index contributed by atoms with van der Waals surface area (Å²) < 4.78 is 0. The van der Waals surface area contributed by atoms with E-state index in [1.165, 1.54) is 0 Å². The Morgan fingerprint density at radius 2 is 2.06 bits per heavy atom. The molecule has 5 nitrogen and oxygen atoms in total. The molecule has 0 fully saturated rings. The molecule has 0 heterocycles. The minimum Gasteiger partial charge on any atom is -0.369 e. The second kappa shape index (κ2) is 7.42. The van der Waals surface area contributed by atoms with Crippen molar-refractivity contribution in [2.24, 2.45) is 0 Å². The Labute approximate surface area is 93.7 Å². The molecule has 1 amide bonds. The molecule has 0 atom stereocenters. The van der Waals surface area contributed by atoms with Gasteiger partial charge in [0.25, 0.3) is 0 Å². The van der Waals surface area contributed by atoms with Crippen LogP contribution in [-0.4, -0.2) is 25.5 Å². The summed E-state index contributed by atoms with van der Waals surface area (Å²) in [4.78, 5) is 25.4. The van der Waals surface area contributed by atoms with Crippen LogP contribution in [0.1, 0.15) is 5.56 Å². The number of nitrogens with one attached hydrogen (secondary N) is 2. The molecular formula is C11H14N2O3. The van der Waals surface area contributed by atoms with Crippen molar-refractivity contribution < 1.29 is 14.4 Å². The Kier molecular flexibility index (Phi) is 5.65. The summed E-state index contributed by atoms with van der Waals surface area (Å²) in [5.74, 6) is -0.514. The Hall–Kier alpha value is -1.88. The lowest BCUT2D eigenvalue weighted by Gasteiger charge is -2.05. The molecule has 5 heteroatoms. The van der Waals surface area contributed by atoms with Gasteiger partial charge in [0.2, 0.25) is 6.41 Å². The van der Waals surface area contributed by atoms with E-state index in [1.54, 1.807) is 0 Å². The fraction of sp³-hybridized carbons (Fsp3) is 0.273. The first-order valence-electron chi connectivity index (χ1n) is 4.96. The van der Waals surface area contributed by atoms with Gasteiger partial charge in [0.05, 0.1) is 0 Å². The molecular weight excluding hydrogens is 208 g/mol. The second-order valence-electron chi connectivity index (χ2n) is 3.10. The molecule has 1 rings (SSSR count). The van der Waals surface area contributed by atoms with E-state index in [1.807, 2.05) is 30.3 Å². The van der Waals surface area contributed by atoms with Gasteiger partial charge in [0.15, 0.2) is 0 Å². The molecule has 1 aromatic rings. The number of hydroxylamine groups is 1. The number of carbonyl (C=O) groups excluding carboxylic acids is 2. The first-order valence-corrected chi connectivity index (χ1v) is 4.96. The molecule has 0 bridgehead atoms. The van der Waals surface area contributed by atoms with Crippen LogP contribution < -0.4 is 10.8 Å². The summed E-state index contributed by atoms with van der Waals surface area (Å²) >= 11 is 0. The third-order valence-corrected chi connectivity index (χ3v) is 1.87. The van der Waals surface area contributed by atoms with Gasteiger partial charge in [-0.25, -0.2) is 4.79 Å². The van der Waals surface area contributed by atoms with Gasteiger partial charge in [-0.3, -0.25) is 4.79 Å². The SMILES string of the molecule is O=CNCC(=O)ONCCc1ccccc1. The smallest absolute Gasteiger partial charge is 0.344 e. The van der Waals surface area contributed by atoms with Gasteiger partial charge < -0.3 is 10.2 Å². The van der Waals surface area contributed by atoms with Crippen LogP contribution >= 0.6 is 0 Å². The van der Waals surface area contributed by atoms with Crippen molar-refractivity contribution in [1.82, 2.24) is 10.8 Å². The van der Waals surface area contributed by atoms with Crippen LogP contribution in [0.4, 0.5) is 0 Å². The number of hydrogen-bond acceptors (Lipinski definition) is 4. The molecule has 0 aliphatic heterocycles. The molecule has 0 aliphatic rings. The van der Waals surface area contributed by atoms with Crippen molar-refractivity contribution in [3.8, 4) is 0 Å². The zero-order valence-corrected chi connectivity index (χ0v) is 8.81. The molecule has 0 unspecified atom stereocenters. The second-order valence-corrected chi connectivity index (χ2v) is 3.10. The van der Waals surface area contributed by atoms with E-state index in [2.05, 4.69) is 15.6 Å². The zero-order valence-electron chi connectivity index (χ0n) is 8.81. The Bertz CT molecular complexity index is 327. The van der Waals surface area contributed by atoms with Crippen LogP contribution in [0.3, 0.4) is 0 Å². The van der Waals surface area contributed by atoms with Gasteiger partial charge in [-0.1, -0.05) is 30.3 Å². The van der Waals surface area contributed by atoms with Gasteiger partial charge in [-0.05, 0) is 12.0 Å². The first kappa shape index (κ1) is 12.2. The third-order valence-electron chi connectivity index (χ3n) is 1.87. The van der Waals surface area contributed by atoms with Crippen LogP contribution in [0.15, 0.2) is 30.3 Å². The van der Waals surface area contributed by atoms with Crippen molar-refractivity contribution in [1.29, 1.82) is 0 Å². The Morgan fingerprint density at radius 3 is 2.75 bits per heavy atom. The predicted molar refractivity (Wildman–Crippen MR) is 58.3 cm³/mol. The average molecular weight is 222 g/mol. The molecule has 86 valence electrons. The summed E-state index contributed by atoms with van der Waals surface area (Å²) in [5, 5.41) is 2.21. The molecule has 0 aromatic heterocycles. The lowest BCUT2D eigenvalue weighted by atomic mass is 10.2. The lowest BCUT2D eigenvalue weighted by Crippen LogP contribution is -2.29. The molecule has 0 saturated carbocycles. The van der Waals surface area contributed by atoms with E-state index in [4.69, 9.17) is 0 Å². The molecule has 0 radical (unpaired) electrons. The van der Waals surface area contributed by atoms with E-state index in [9.17, 15) is 9.59 Å². The number of hydrogen-bond donors (Lipinski definition) is 2. The molecule has 0 aliphatic carbocycles. The number of amides is 1. The van der Waals surface area contributed by atoms with Crippen molar-refractivity contribution in [3.05, 3.63) is 35.9 Å². The first-order chi connectivity index (χ1) is 7.83. The highest BCUT2D eigenvalue weighted by molar-refractivity contribution is 5.73. The summed E-state index contributed by atoms with van der Waals surface area (Å²) in [6.07, 6.45) is 1.22. The standard InChI is InChI=1S/C11H14N2O3/c14-9-12-8-11(15)16-13-7-6-10-4-2-1-3-5-10/h1-5,9,13H,6-8H2,(H,12,14). The van der Waals surface area contributed by atoms with Crippen molar-refractivity contribution in [2.45, 2.75) is 6.42 Å². The van der Waals surface area contributed by atoms with Crippen molar-refractivity contribution in [2.75, 3.05) is 13.1 Å². The highest BCUT2D eigenvalue weighted by Crippen LogP contribution is 1.97. The van der Waals surface area contributed by atoms with Crippen molar-refractivity contribution in [3.63, 3.8) is 0 Å². The van der Waals surface area contributed by atoms with E-state index < -0.39 is 5.97 Å².